The van der Waals surface area contributed by atoms with Gasteiger partial charge in [-0.2, -0.15) is 0 Å². The lowest BCUT2D eigenvalue weighted by Gasteiger charge is -2.37. The van der Waals surface area contributed by atoms with Crippen LogP contribution in [0.15, 0.2) is 36.4 Å². The van der Waals surface area contributed by atoms with Gasteiger partial charge in [-0.25, -0.2) is 0 Å². The molecule has 3 aliphatic carbocycles. The molecule has 0 aliphatic heterocycles. The fourth-order valence-corrected chi connectivity index (χ4v) is 7.86. The van der Waals surface area contributed by atoms with E-state index >= 15 is 0 Å². The Hall–Kier alpha value is -1.24. The third-order valence-electron chi connectivity index (χ3n) is 10.2. The Morgan fingerprint density at radius 1 is 0.667 bits per heavy atom. The second-order valence-corrected chi connectivity index (χ2v) is 12.8. The highest BCUT2D eigenvalue weighted by Crippen LogP contribution is 2.42. The van der Waals surface area contributed by atoms with Crippen molar-refractivity contribution in [2.24, 2.45) is 29.6 Å². The first-order valence-electron chi connectivity index (χ1n) is 16.1. The van der Waals surface area contributed by atoms with E-state index in [0.29, 0.717) is 6.61 Å². The Kier molecular flexibility index (Phi) is 11.8. The number of unbranched alkanes of at least 4 members (excludes halogenated alkanes) is 2. The Bertz CT molecular complexity index is 724. The zero-order valence-electron chi connectivity index (χ0n) is 23.8. The van der Waals surface area contributed by atoms with Crippen molar-refractivity contribution in [3.05, 3.63) is 42.0 Å². The van der Waals surface area contributed by atoms with Crippen LogP contribution in [0.25, 0.3) is 0 Å². The Labute approximate surface area is 223 Å². The predicted octanol–water partition coefficient (Wildman–Crippen LogP) is 10.9. The lowest BCUT2D eigenvalue weighted by atomic mass is 9.68. The normalized spacial score (nSPS) is 31.5. The average molecular weight is 493 g/mol. The van der Waals surface area contributed by atoms with Crippen molar-refractivity contribution in [2.45, 2.75) is 135 Å². The van der Waals surface area contributed by atoms with Gasteiger partial charge in [-0.05, 0) is 117 Å². The van der Waals surface area contributed by atoms with Crippen molar-refractivity contribution in [2.75, 3.05) is 6.61 Å². The summed E-state index contributed by atoms with van der Waals surface area (Å²) in [5.74, 6) is 6.66. The molecule has 0 amide bonds. The summed E-state index contributed by atoms with van der Waals surface area (Å²) >= 11 is 0. The standard InChI is InChI=1S/C35H56O/c1-3-5-6-9-29-13-19-31(20-14-29)32-21-15-30(16-22-32)10-7-27-36-35-25-23-34(24-26-35)33-17-11-28(8-4-2)12-18-33/h7,10,23-26,28-33H,3-6,8-9,11-22,27H2,1-2H3/b10-7+/t28?,29-,30-,31-,32-,33?. The summed E-state index contributed by atoms with van der Waals surface area (Å²) in [6.07, 6.45) is 30.7. The van der Waals surface area contributed by atoms with Crippen LogP contribution in [0.2, 0.25) is 0 Å². The molecule has 0 aromatic heterocycles. The molecule has 0 bridgehead atoms. The minimum atomic E-state index is 0.712. The van der Waals surface area contributed by atoms with Gasteiger partial charge < -0.3 is 4.74 Å². The highest BCUT2D eigenvalue weighted by Gasteiger charge is 2.30. The van der Waals surface area contributed by atoms with Gasteiger partial charge in [0.25, 0.3) is 0 Å². The van der Waals surface area contributed by atoms with Crippen molar-refractivity contribution < 1.29 is 4.74 Å². The molecule has 3 saturated carbocycles. The van der Waals surface area contributed by atoms with Crippen LogP contribution in [0, 0.1) is 29.6 Å². The van der Waals surface area contributed by atoms with Crippen LogP contribution in [0.5, 0.6) is 5.75 Å². The minimum absolute atomic E-state index is 0.712. The third kappa shape index (κ3) is 8.66. The smallest absolute Gasteiger partial charge is 0.119 e. The van der Waals surface area contributed by atoms with Gasteiger partial charge in [-0.15, -0.1) is 0 Å². The molecule has 3 aliphatic rings. The summed E-state index contributed by atoms with van der Waals surface area (Å²) in [7, 11) is 0. The number of hydrogen-bond acceptors (Lipinski definition) is 1. The maximum absolute atomic E-state index is 6.06. The van der Waals surface area contributed by atoms with Gasteiger partial charge in [0.05, 0.1) is 0 Å². The molecule has 1 aromatic carbocycles. The molecule has 36 heavy (non-hydrogen) atoms. The first kappa shape index (κ1) is 27.8. The van der Waals surface area contributed by atoms with Crippen LogP contribution in [0.4, 0.5) is 0 Å². The number of benzene rings is 1. The molecule has 0 heterocycles. The van der Waals surface area contributed by atoms with Crippen LogP contribution >= 0.6 is 0 Å². The van der Waals surface area contributed by atoms with E-state index in [4.69, 9.17) is 4.74 Å². The fraction of sp³-hybridized carbons (Fsp3) is 0.771. The van der Waals surface area contributed by atoms with Gasteiger partial charge in [0.2, 0.25) is 0 Å². The molecule has 0 spiro atoms. The van der Waals surface area contributed by atoms with E-state index in [-0.39, 0.29) is 0 Å². The van der Waals surface area contributed by atoms with Gasteiger partial charge in [0.1, 0.15) is 12.4 Å². The SMILES string of the molecule is CCCCC[C@H]1CC[C@H]([C@H]2CC[C@H](/C=C/COc3ccc(C4CCC(CCC)CC4)cc3)CC2)CC1. The van der Waals surface area contributed by atoms with Crippen LogP contribution in [-0.2, 0) is 0 Å². The Morgan fingerprint density at radius 3 is 1.92 bits per heavy atom. The molecule has 0 saturated heterocycles. The molecule has 0 radical (unpaired) electrons. The van der Waals surface area contributed by atoms with Gasteiger partial charge in [-0.3, -0.25) is 0 Å². The number of rotatable bonds is 12. The van der Waals surface area contributed by atoms with Crippen molar-refractivity contribution in [3.8, 4) is 5.75 Å². The maximum atomic E-state index is 6.06. The molecule has 1 heteroatoms. The maximum Gasteiger partial charge on any atom is 0.119 e. The predicted molar refractivity (Wildman–Crippen MR) is 156 cm³/mol. The second kappa shape index (κ2) is 15.2. The fourth-order valence-electron chi connectivity index (χ4n) is 7.86. The lowest BCUT2D eigenvalue weighted by Crippen LogP contribution is -2.25. The molecule has 4 rings (SSSR count). The first-order chi connectivity index (χ1) is 17.7. The molecular weight excluding hydrogens is 436 g/mol. The third-order valence-corrected chi connectivity index (χ3v) is 10.2. The van der Waals surface area contributed by atoms with Gasteiger partial charge in [-0.1, -0.05) is 89.5 Å². The molecule has 0 unspecified atom stereocenters. The average Bonchev–Trinajstić information content (AvgIpc) is 2.93. The van der Waals surface area contributed by atoms with Crippen molar-refractivity contribution in [1.82, 2.24) is 0 Å². The molecule has 0 atom stereocenters. The monoisotopic (exact) mass is 492 g/mol. The zero-order valence-corrected chi connectivity index (χ0v) is 23.8. The summed E-state index contributed by atoms with van der Waals surface area (Å²) < 4.78 is 6.06. The minimum Gasteiger partial charge on any atom is -0.490 e. The lowest BCUT2D eigenvalue weighted by molar-refractivity contribution is 0.151. The largest absolute Gasteiger partial charge is 0.490 e. The van der Waals surface area contributed by atoms with E-state index in [1.165, 1.54) is 121 Å². The summed E-state index contributed by atoms with van der Waals surface area (Å²) in [5.41, 5.74) is 1.52. The molecule has 202 valence electrons. The summed E-state index contributed by atoms with van der Waals surface area (Å²) in [6, 6.07) is 9.05. The number of hydrogen-bond donors (Lipinski definition) is 0. The molecule has 1 aromatic rings. The zero-order chi connectivity index (χ0) is 25.0. The van der Waals surface area contributed by atoms with Crippen LogP contribution in [0.3, 0.4) is 0 Å². The van der Waals surface area contributed by atoms with Crippen LogP contribution in [-0.4, -0.2) is 6.61 Å². The van der Waals surface area contributed by atoms with E-state index in [1.807, 2.05) is 0 Å². The second-order valence-electron chi connectivity index (χ2n) is 12.8. The van der Waals surface area contributed by atoms with Crippen LogP contribution < -0.4 is 4.74 Å². The highest BCUT2D eigenvalue weighted by molar-refractivity contribution is 5.30. The Balaban J connectivity index is 1.09. The van der Waals surface area contributed by atoms with E-state index in [2.05, 4.69) is 50.3 Å². The summed E-state index contributed by atoms with van der Waals surface area (Å²) in [6.45, 7) is 5.36. The number of ether oxygens (including phenoxy) is 1. The molecule has 0 N–H and O–H groups in total. The van der Waals surface area contributed by atoms with Gasteiger partial charge in [0.15, 0.2) is 0 Å². The van der Waals surface area contributed by atoms with Crippen molar-refractivity contribution >= 4 is 0 Å². The summed E-state index contributed by atoms with van der Waals surface area (Å²) in [4.78, 5) is 0. The van der Waals surface area contributed by atoms with Crippen molar-refractivity contribution in [1.29, 1.82) is 0 Å². The molecule has 1 nitrogen and oxygen atoms in total. The molecular formula is C35H56O. The van der Waals surface area contributed by atoms with Gasteiger partial charge in [0, 0.05) is 0 Å². The summed E-state index contributed by atoms with van der Waals surface area (Å²) in [5, 5.41) is 0. The number of allylic oxidation sites excluding steroid dienone is 1. The van der Waals surface area contributed by atoms with E-state index in [9.17, 15) is 0 Å². The topological polar surface area (TPSA) is 9.23 Å². The Morgan fingerprint density at radius 2 is 1.28 bits per heavy atom. The van der Waals surface area contributed by atoms with Crippen LogP contribution in [0.1, 0.15) is 141 Å². The van der Waals surface area contributed by atoms with E-state index < -0.39 is 0 Å². The first-order valence-corrected chi connectivity index (χ1v) is 16.1. The van der Waals surface area contributed by atoms with Crippen molar-refractivity contribution in [3.63, 3.8) is 0 Å². The molecule has 3 fully saturated rings. The highest BCUT2D eigenvalue weighted by atomic mass is 16.5. The quantitative estimate of drug-likeness (QED) is 0.208. The van der Waals surface area contributed by atoms with E-state index in [0.717, 1.165) is 41.3 Å². The van der Waals surface area contributed by atoms with Gasteiger partial charge >= 0.3 is 0 Å². The van der Waals surface area contributed by atoms with E-state index in [1.54, 1.807) is 0 Å².